The van der Waals surface area contributed by atoms with Crippen LogP contribution in [-0.2, 0) is 0 Å². The molecule has 0 fully saturated rings. The van der Waals surface area contributed by atoms with Crippen LogP contribution < -0.4 is 15.4 Å². The molecule has 1 aromatic carbocycles. The van der Waals surface area contributed by atoms with Crippen molar-refractivity contribution in [3.8, 4) is 5.75 Å². The number of benzene rings is 1. The summed E-state index contributed by atoms with van der Waals surface area (Å²) < 4.78 is 19.0. The average Bonchev–Trinajstić information content (AvgIpc) is 2.35. The monoisotopic (exact) mass is 272 g/mol. The molecular weight excluding hydrogens is 251 g/mol. The second-order valence-corrected chi connectivity index (χ2v) is 5.09. The Balaban J connectivity index is 2.89. The van der Waals surface area contributed by atoms with E-state index >= 15 is 0 Å². The molecular formula is C13H21FN2OS. The van der Waals surface area contributed by atoms with E-state index in [4.69, 9.17) is 10.5 Å². The van der Waals surface area contributed by atoms with Crippen LogP contribution in [0, 0.1) is 5.82 Å². The summed E-state index contributed by atoms with van der Waals surface area (Å²) in [6.07, 6.45) is 2.90. The third kappa shape index (κ3) is 3.98. The van der Waals surface area contributed by atoms with Crippen molar-refractivity contribution < 1.29 is 9.13 Å². The Kier molecular flexibility index (Phi) is 6.12. The smallest absolute Gasteiger partial charge is 0.167 e. The Morgan fingerprint density at radius 3 is 2.78 bits per heavy atom. The van der Waals surface area contributed by atoms with Gasteiger partial charge in [0, 0.05) is 31.5 Å². The summed E-state index contributed by atoms with van der Waals surface area (Å²) in [5.41, 5.74) is 7.11. The van der Waals surface area contributed by atoms with E-state index in [1.165, 1.54) is 6.07 Å². The lowest BCUT2D eigenvalue weighted by Crippen LogP contribution is -2.21. The predicted octanol–water partition coefficient (Wildman–Crippen LogP) is 3.00. The number of nitrogens with zero attached hydrogens (tertiary/aromatic N) is 1. The predicted molar refractivity (Wildman–Crippen MR) is 78.3 cm³/mol. The number of nitrogen functional groups attached to an aromatic ring is 1. The third-order valence-corrected chi connectivity index (χ3v) is 3.18. The van der Waals surface area contributed by atoms with Crippen LogP contribution in [-0.4, -0.2) is 32.2 Å². The molecule has 2 N–H and O–H groups in total. The van der Waals surface area contributed by atoms with Crippen LogP contribution in [0.15, 0.2) is 12.1 Å². The molecule has 18 heavy (non-hydrogen) atoms. The van der Waals surface area contributed by atoms with Crippen molar-refractivity contribution in [2.45, 2.75) is 13.3 Å². The Labute approximate surface area is 112 Å². The van der Waals surface area contributed by atoms with Gasteiger partial charge in [0.2, 0.25) is 0 Å². The summed E-state index contributed by atoms with van der Waals surface area (Å²) in [6, 6.07) is 3.01. The molecule has 0 heterocycles. The van der Waals surface area contributed by atoms with Gasteiger partial charge in [0.25, 0.3) is 0 Å². The van der Waals surface area contributed by atoms with Gasteiger partial charge in [-0.05, 0) is 12.7 Å². The summed E-state index contributed by atoms with van der Waals surface area (Å²) in [4.78, 5) is 2.02. The topological polar surface area (TPSA) is 38.5 Å². The Hall–Kier alpha value is -1.10. The molecule has 0 amide bonds. The van der Waals surface area contributed by atoms with Gasteiger partial charge in [-0.15, -0.1) is 0 Å². The minimum atomic E-state index is -0.400. The summed E-state index contributed by atoms with van der Waals surface area (Å²) in [5.74, 6) is 0.873. The standard InChI is InChI=1S/C13H21FN2OS/c1-4-6-17-13-9-12(11(15)8-10(13)14)16(2)5-7-18-3/h8-9H,4-7,15H2,1-3H3. The van der Waals surface area contributed by atoms with Crippen molar-refractivity contribution in [1.82, 2.24) is 0 Å². The molecule has 0 saturated carbocycles. The van der Waals surface area contributed by atoms with Gasteiger partial charge in [0.1, 0.15) is 0 Å². The number of nitrogens with two attached hydrogens (primary N) is 1. The quantitative estimate of drug-likeness (QED) is 0.774. The lowest BCUT2D eigenvalue weighted by molar-refractivity contribution is 0.301. The number of halogens is 1. The van der Waals surface area contributed by atoms with E-state index in [2.05, 4.69) is 6.26 Å². The molecule has 1 rings (SSSR count). The maximum atomic E-state index is 13.6. The second-order valence-electron chi connectivity index (χ2n) is 4.10. The first-order valence-electron chi connectivity index (χ1n) is 6.02. The van der Waals surface area contributed by atoms with Crippen LogP contribution in [0.4, 0.5) is 15.8 Å². The highest BCUT2D eigenvalue weighted by atomic mass is 32.2. The molecule has 0 saturated heterocycles. The van der Waals surface area contributed by atoms with Gasteiger partial charge in [-0.1, -0.05) is 6.92 Å². The second kappa shape index (κ2) is 7.36. The first-order valence-corrected chi connectivity index (χ1v) is 7.41. The lowest BCUT2D eigenvalue weighted by atomic mass is 10.2. The van der Waals surface area contributed by atoms with Crippen molar-refractivity contribution in [1.29, 1.82) is 0 Å². The summed E-state index contributed by atoms with van der Waals surface area (Å²) >= 11 is 1.76. The van der Waals surface area contributed by atoms with E-state index < -0.39 is 5.82 Å². The van der Waals surface area contributed by atoms with Gasteiger partial charge in [-0.25, -0.2) is 4.39 Å². The van der Waals surface area contributed by atoms with Gasteiger partial charge < -0.3 is 15.4 Å². The van der Waals surface area contributed by atoms with Gasteiger partial charge in [0.05, 0.1) is 18.0 Å². The number of thioether (sulfide) groups is 1. The fourth-order valence-corrected chi connectivity index (χ4v) is 2.02. The molecule has 102 valence electrons. The molecule has 0 atom stereocenters. The van der Waals surface area contributed by atoms with Crippen molar-refractivity contribution in [2.24, 2.45) is 0 Å². The third-order valence-electron chi connectivity index (χ3n) is 2.58. The van der Waals surface area contributed by atoms with Gasteiger partial charge >= 0.3 is 0 Å². The molecule has 5 heteroatoms. The fourth-order valence-electron chi connectivity index (χ4n) is 1.56. The number of hydrogen-bond donors (Lipinski definition) is 1. The molecule has 3 nitrogen and oxygen atoms in total. The van der Waals surface area contributed by atoms with Crippen molar-refractivity contribution in [3.05, 3.63) is 17.9 Å². The van der Waals surface area contributed by atoms with Crippen LogP contribution in [0.25, 0.3) is 0 Å². The minimum Gasteiger partial charge on any atom is -0.490 e. The highest BCUT2D eigenvalue weighted by Gasteiger charge is 2.12. The van der Waals surface area contributed by atoms with Crippen LogP contribution in [0.3, 0.4) is 0 Å². The molecule has 0 radical (unpaired) electrons. The first kappa shape index (κ1) is 15.0. The van der Waals surface area contributed by atoms with E-state index in [1.54, 1.807) is 17.8 Å². The van der Waals surface area contributed by atoms with E-state index in [9.17, 15) is 4.39 Å². The van der Waals surface area contributed by atoms with E-state index in [1.807, 2.05) is 18.9 Å². The summed E-state index contributed by atoms with van der Waals surface area (Å²) in [5, 5.41) is 0. The zero-order valence-electron chi connectivity index (χ0n) is 11.2. The van der Waals surface area contributed by atoms with Gasteiger partial charge in [-0.3, -0.25) is 0 Å². The summed E-state index contributed by atoms with van der Waals surface area (Å²) in [7, 11) is 1.95. The summed E-state index contributed by atoms with van der Waals surface area (Å²) in [6.45, 7) is 3.36. The van der Waals surface area contributed by atoms with Crippen molar-refractivity contribution in [3.63, 3.8) is 0 Å². The number of rotatable bonds is 7. The van der Waals surface area contributed by atoms with Crippen LogP contribution >= 0.6 is 11.8 Å². The van der Waals surface area contributed by atoms with Crippen LogP contribution in [0.2, 0.25) is 0 Å². The SMILES string of the molecule is CCCOc1cc(N(C)CCSC)c(N)cc1F. The Morgan fingerprint density at radius 1 is 1.44 bits per heavy atom. The molecule has 0 aromatic heterocycles. The largest absolute Gasteiger partial charge is 0.490 e. The minimum absolute atomic E-state index is 0.275. The average molecular weight is 272 g/mol. The first-order chi connectivity index (χ1) is 8.60. The molecule has 0 aliphatic carbocycles. The van der Waals surface area contributed by atoms with Crippen molar-refractivity contribution in [2.75, 3.05) is 42.8 Å². The van der Waals surface area contributed by atoms with Gasteiger partial charge in [0.15, 0.2) is 11.6 Å². The molecule has 0 unspecified atom stereocenters. The Morgan fingerprint density at radius 2 is 2.17 bits per heavy atom. The van der Waals surface area contributed by atoms with E-state index in [0.717, 1.165) is 24.4 Å². The van der Waals surface area contributed by atoms with Gasteiger partial charge in [-0.2, -0.15) is 11.8 Å². The lowest BCUT2D eigenvalue weighted by Gasteiger charge is -2.21. The Bertz CT molecular complexity index is 387. The molecule has 0 aliphatic rings. The zero-order valence-corrected chi connectivity index (χ0v) is 12.0. The molecule has 0 aliphatic heterocycles. The zero-order chi connectivity index (χ0) is 13.5. The highest BCUT2D eigenvalue weighted by molar-refractivity contribution is 7.98. The molecule has 0 spiro atoms. The maximum absolute atomic E-state index is 13.6. The van der Waals surface area contributed by atoms with E-state index in [0.29, 0.717) is 12.3 Å². The maximum Gasteiger partial charge on any atom is 0.167 e. The number of hydrogen-bond acceptors (Lipinski definition) is 4. The normalized spacial score (nSPS) is 10.4. The highest BCUT2D eigenvalue weighted by Crippen LogP contribution is 2.30. The fraction of sp³-hybridized carbons (Fsp3) is 0.538. The van der Waals surface area contributed by atoms with Crippen molar-refractivity contribution >= 4 is 23.1 Å². The van der Waals surface area contributed by atoms with E-state index in [-0.39, 0.29) is 5.75 Å². The van der Waals surface area contributed by atoms with Crippen LogP contribution in [0.1, 0.15) is 13.3 Å². The number of anilines is 2. The van der Waals surface area contributed by atoms with Crippen LogP contribution in [0.5, 0.6) is 5.75 Å². The molecule has 0 bridgehead atoms. The number of ether oxygens (including phenoxy) is 1. The molecule has 1 aromatic rings.